The molecular formula is C14H20ClN3. The molecule has 1 aromatic rings. The number of halogens is 1. The van der Waals surface area contributed by atoms with Gasteiger partial charge in [-0.3, -0.25) is 0 Å². The zero-order valence-corrected chi connectivity index (χ0v) is 12.0. The van der Waals surface area contributed by atoms with Gasteiger partial charge in [0.05, 0.1) is 22.3 Å². The number of rotatable bonds is 6. The zero-order chi connectivity index (χ0) is 13.5. The first kappa shape index (κ1) is 14.8. The van der Waals surface area contributed by atoms with E-state index >= 15 is 0 Å². The highest BCUT2D eigenvalue weighted by molar-refractivity contribution is 6.33. The van der Waals surface area contributed by atoms with Crippen LogP contribution in [-0.4, -0.2) is 30.6 Å². The third-order valence-corrected chi connectivity index (χ3v) is 3.24. The average Bonchev–Trinajstić information content (AvgIpc) is 2.38. The molecule has 0 aliphatic heterocycles. The lowest BCUT2D eigenvalue weighted by atomic mass is 10.2. The Hall–Kier alpha value is -1.24. The molecule has 0 aliphatic carbocycles. The van der Waals surface area contributed by atoms with Gasteiger partial charge >= 0.3 is 0 Å². The first-order valence-corrected chi connectivity index (χ1v) is 6.67. The van der Waals surface area contributed by atoms with E-state index in [9.17, 15) is 0 Å². The third-order valence-electron chi connectivity index (χ3n) is 2.93. The summed E-state index contributed by atoms with van der Waals surface area (Å²) in [5.74, 6) is 0. The highest BCUT2D eigenvalue weighted by Crippen LogP contribution is 2.23. The summed E-state index contributed by atoms with van der Waals surface area (Å²) in [6.45, 7) is 9.51. The van der Waals surface area contributed by atoms with Crippen LogP contribution in [0.1, 0.15) is 26.3 Å². The quantitative estimate of drug-likeness (QED) is 0.857. The highest BCUT2D eigenvalue weighted by atomic mass is 35.5. The number of nitrogens with zero attached hydrogens (tertiary/aromatic N) is 2. The molecule has 0 bridgehead atoms. The van der Waals surface area contributed by atoms with Crippen LogP contribution in [-0.2, 0) is 0 Å². The van der Waals surface area contributed by atoms with Gasteiger partial charge in [-0.2, -0.15) is 5.26 Å². The Morgan fingerprint density at radius 1 is 1.39 bits per heavy atom. The van der Waals surface area contributed by atoms with Gasteiger partial charge in [-0.15, -0.1) is 0 Å². The molecule has 1 unspecified atom stereocenters. The predicted octanol–water partition coefficient (Wildman–Crippen LogP) is 3.35. The summed E-state index contributed by atoms with van der Waals surface area (Å²) in [5.41, 5.74) is 1.47. The molecule has 0 aliphatic rings. The zero-order valence-electron chi connectivity index (χ0n) is 11.2. The molecule has 0 amide bonds. The van der Waals surface area contributed by atoms with Crippen molar-refractivity contribution in [2.45, 2.75) is 26.8 Å². The van der Waals surface area contributed by atoms with Crippen LogP contribution in [0.2, 0.25) is 5.02 Å². The SMILES string of the molecule is CCN(CC)CC(C)Nc1ccc(C#N)cc1Cl. The van der Waals surface area contributed by atoms with Gasteiger partial charge in [0, 0.05) is 12.6 Å². The van der Waals surface area contributed by atoms with Gasteiger partial charge in [-0.05, 0) is 38.2 Å². The molecule has 0 saturated heterocycles. The molecule has 18 heavy (non-hydrogen) atoms. The van der Waals surface area contributed by atoms with Crippen molar-refractivity contribution in [3.8, 4) is 6.07 Å². The molecule has 0 aromatic heterocycles. The molecule has 0 radical (unpaired) electrons. The number of nitriles is 1. The largest absolute Gasteiger partial charge is 0.380 e. The molecule has 3 nitrogen and oxygen atoms in total. The topological polar surface area (TPSA) is 39.1 Å². The van der Waals surface area contributed by atoms with Crippen molar-refractivity contribution in [2.75, 3.05) is 25.0 Å². The molecule has 1 aromatic carbocycles. The summed E-state index contributed by atoms with van der Waals surface area (Å²) in [5, 5.41) is 12.8. The van der Waals surface area contributed by atoms with Gasteiger partial charge in [0.15, 0.2) is 0 Å². The average molecular weight is 266 g/mol. The van der Waals surface area contributed by atoms with Crippen LogP contribution < -0.4 is 5.32 Å². The first-order chi connectivity index (χ1) is 8.60. The van der Waals surface area contributed by atoms with Crippen LogP contribution in [0.3, 0.4) is 0 Å². The van der Waals surface area contributed by atoms with E-state index in [0.717, 1.165) is 25.3 Å². The third kappa shape index (κ3) is 4.21. The maximum Gasteiger partial charge on any atom is 0.0992 e. The number of benzene rings is 1. The molecule has 98 valence electrons. The minimum Gasteiger partial charge on any atom is -0.380 e. The van der Waals surface area contributed by atoms with Crippen molar-refractivity contribution in [3.63, 3.8) is 0 Å². The fourth-order valence-corrected chi connectivity index (χ4v) is 2.12. The van der Waals surface area contributed by atoms with Gasteiger partial charge < -0.3 is 10.2 Å². The van der Waals surface area contributed by atoms with Crippen LogP contribution in [0, 0.1) is 11.3 Å². The van der Waals surface area contributed by atoms with E-state index in [0.29, 0.717) is 16.6 Å². The maximum atomic E-state index is 8.78. The Labute approximate surface area is 114 Å². The normalized spacial score (nSPS) is 12.2. The summed E-state index contributed by atoms with van der Waals surface area (Å²) >= 11 is 6.13. The fourth-order valence-electron chi connectivity index (χ4n) is 1.88. The van der Waals surface area contributed by atoms with Crippen LogP contribution in [0.5, 0.6) is 0 Å². The van der Waals surface area contributed by atoms with Crippen LogP contribution >= 0.6 is 11.6 Å². The van der Waals surface area contributed by atoms with Crippen molar-refractivity contribution in [2.24, 2.45) is 0 Å². The molecule has 0 fully saturated rings. The van der Waals surface area contributed by atoms with Crippen molar-refractivity contribution >= 4 is 17.3 Å². The molecule has 0 saturated carbocycles. The number of hydrogen-bond acceptors (Lipinski definition) is 3. The number of hydrogen-bond donors (Lipinski definition) is 1. The summed E-state index contributed by atoms with van der Waals surface area (Å²) < 4.78 is 0. The summed E-state index contributed by atoms with van der Waals surface area (Å²) in [7, 11) is 0. The van der Waals surface area contributed by atoms with Gasteiger partial charge in [0.1, 0.15) is 0 Å². The van der Waals surface area contributed by atoms with Gasteiger partial charge in [0.25, 0.3) is 0 Å². The Morgan fingerprint density at radius 2 is 2.06 bits per heavy atom. The van der Waals surface area contributed by atoms with Gasteiger partial charge in [-0.25, -0.2) is 0 Å². The second-order valence-corrected chi connectivity index (χ2v) is 4.74. The Morgan fingerprint density at radius 3 is 2.56 bits per heavy atom. The maximum absolute atomic E-state index is 8.78. The van der Waals surface area contributed by atoms with Gasteiger partial charge in [0.2, 0.25) is 0 Å². The molecule has 0 spiro atoms. The van der Waals surface area contributed by atoms with E-state index in [1.165, 1.54) is 0 Å². The summed E-state index contributed by atoms with van der Waals surface area (Å²) in [4.78, 5) is 2.36. The van der Waals surface area contributed by atoms with Crippen molar-refractivity contribution in [3.05, 3.63) is 28.8 Å². The molecular weight excluding hydrogens is 246 g/mol. The first-order valence-electron chi connectivity index (χ1n) is 6.29. The number of anilines is 1. The second kappa shape index (κ2) is 7.25. The molecule has 4 heteroatoms. The second-order valence-electron chi connectivity index (χ2n) is 4.34. The van der Waals surface area contributed by atoms with E-state index in [1.807, 2.05) is 6.07 Å². The lowest BCUT2D eigenvalue weighted by Crippen LogP contribution is -2.34. The predicted molar refractivity (Wildman–Crippen MR) is 77.0 cm³/mol. The highest BCUT2D eigenvalue weighted by Gasteiger charge is 2.09. The fraction of sp³-hybridized carbons (Fsp3) is 0.500. The Balaban J connectivity index is 2.65. The minimum atomic E-state index is 0.315. The minimum absolute atomic E-state index is 0.315. The lowest BCUT2D eigenvalue weighted by Gasteiger charge is -2.24. The van der Waals surface area contributed by atoms with Gasteiger partial charge in [-0.1, -0.05) is 25.4 Å². The van der Waals surface area contributed by atoms with E-state index in [-0.39, 0.29) is 0 Å². The summed E-state index contributed by atoms with van der Waals surface area (Å²) in [6, 6.07) is 7.72. The molecule has 0 heterocycles. The van der Waals surface area contributed by atoms with E-state index in [2.05, 4.69) is 37.1 Å². The monoisotopic (exact) mass is 265 g/mol. The number of nitrogens with one attached hydrogen (secondary N) is 1. The Bertz CT molecular complexity index is 422. The van der Waals surface area contributed by atoms with E-state index in [4.69, 9.17) is 16.9 Å². The van der Waals surface area contributed by atoms with Crippen LogP contribution in [0.4, 0.5) is 5.69 Å². The van der Waals surface area contributed by atoms with E-state index < -0.39 is 0 Å². The molecule has 1 atom stereocenters. The lowest BCUT2D eigenvalue weighted by molar-refractivity contribution is 0.295. The van der Waals surface area contributed by atoms with Crippen molar-refractivity contribution < 1.29 is 0 Å². The summed E-state index contributed by atoms with van der Waals surface area (Å²) in [6.07, 6.45) is 0. The van der Waals surface area contributed by atoms with Crippen LogP contribution in [0.15, 0.2) is 18.2 Å². The molecule has 1 rings (SSSR count). The number of likely N-dealkylation sites (N-methyl/N-ethyl adjacent to an activating group) is 1. The molecule has 1 N–H and O–H groups in total. The smallest absolute Gasteiger partial charge is 0.0992 e. The standard InChI is InChI=1S/C14H20ClN3/c1-4-18(5-2)10-11(3)17-14-7-6-12(9-16)8-13(14)15/h6-8,11,17H,4-5,10H2,1-3H3. The van der Waals surface area contributed by atoms with Crippen molar-refractivity contribution in [1.82, 2.24) is 4.90 Å². The Kier molecular flexibility index (Phi) is 5.97. The van der Waals surface area contributed by atoms with E-state index in [1.54, 1.807) is 12.1 Å². The van der Waals surface area contributed by atoms with Crippen LogP contribution in [0.25, 0.3) is 0 Å². The van der Waals surface area contributed by atoms with Crippen molar-refractivity contribution in [1.29, 1.82) is 5.26 Å².